The standard InChI is InChI=1S/C21H28F2N4O4/c1-11(24-12(2)28)10-29-13-4-6-15(7-5-13)31-21-25-17-18(27(21)3)16(22)20(26-19(17)23)30-14-8-9-14/h11,13-15H,4-10H2,1-3H3,(H,24,28)/t11-,13?,15?/m0/s1. The third kappa shape index (κ3) is 5.06. The van der Waals surface area contributed by atoms with Crippen LogP contribution in [-0.4, -0.2) is 51.4 Å². The number of amides is 1. The Hall–Kier alpha value is -2.49. The lowest BCUT2D eigenvalue weighted by Gasteiger charge is -2.29. The van der Waals surface area contributed by atoms with Gasteiger partial charge in [0.15, 0.2) is 5.52 Å². The first-order chi connectivity index (χ1) is 14.8. The Bertz CT molecular complexity index is 955. The van der Waals surface area contributed by atoms with Crippen LogP contribution in [-0.2, 0) is 16.6 Å². The molecule has 8 nitrogen and oxygen atoms in total. The minimum Gasteiger partial charge on any atom is -0.472 e. The van der Waals surface area contributed by atoms with Gasteiger partial charge >= 0.3 is 0 Å². The molecule has 0 unspecified atom stereocenters. The molecule has 10 heteroatoms. The molecule has 2 aromatic rings. The van der Waals surface area contributed by atoms with Crippen LogP contribution in [0.2, 0.25) is 0 Å². The first-order valence-corrected chi connectivity index (χ1v) is 10.7. The summed E-state index contributed by atoms with van der Waals surface area (Å²) in [7, 11) is 1.59. The van der Waals surface area contributed by atoms with E-state index >= 15 is 0 Å². The Labute approximate surface area is 179 Å². The van der Waals surface area contributed by atoms with Crippen molar-refractivity contribution in [2.24, 2.45) is 7.05 Å². The summed E-state index contributed by atoms with van der Waals surface area (Å²) in [5.41, 5.74) is -0.177. The topological polar surface area (TPSA) is 87.5 Å². The number of halogens is 2. The summed E-state index contributed by atoms with van der Waals surface area (Å²) in [5, 5.41) is 2.79. The molecule has 0 bridgehead atoms. The molecule has 2 aliphatic carbocycles. The van der Waals surface area contributed by atoms with Crippen LogP contribution in [0.4, 0.5) is 8.78 Å². The molecule has 0 aromatic carbocycles. The maximum absolute atomic E-state index is 14.9. The van der Waals surface area contributed by atoms with E-state index < -0.39 is 11.8 Å². The Morgan fingerprint density at radius 2 is 1.71 bits per heavy atom. The third-order valence-corrected chi connectivity index (χ3v) is 5.57. The molecular formula is C21H28F2N4O4. The van der Waals surface area contributed by atoms with E-state index in [4.69, 9.17) is 14.2 Å². The second-order valence-electron chi connectivity index (χ2n) is 8.44. The highest BCUT2D eigenvalue weighted by Gasteiger charge is 2.30. The zero-order valence-electron chi connectivity index (χ0n) is 18.0. The van der Waals surface area contributed by atoms with E-state index in [1.54, 1.807) is 7.05 Å². The van der Waals surface area contributed by atoms with Gasteiger partial charge in [-0.3, -0.25) is 9.36 Å². The van der Waals surface area contributed by atoms with Gasteiger partial charge in [0.2, 0.25) is 17.7 Å². The van der Waals surface area contributed by atoms with Crippen molar-refractivity contribution < 1.29 is 27.8 Å². The van der Waals surface area contributed by atoms with E-state index in [-0.39, 0.29) is 53.2 Å². The molecule has 0 saturated heterocycles. The molecule has 170 valence electrons. The van der Waals surface area contributed by atoms with Crippen molar-refractivity contribution in [3.8, 4) is 11.9 Å². The second-order valence-corrected chi connectivity index (χ2v) is 8.44. The minimum absolute atomic E-state index is 0.0119. The van der Waals surface area contributed by atoms with Gasteiger partial charge in [0.05, 0.1) is 12.7 Å². The molecule has 2 aromatic heterocycles. The van der Waals surface area contributed by atoms with Crippen LogP contribution in [0, 0.1) is 11.8 Å². The Kier molecular flexibility index (Phi) is 6.27. The Morgan fingerprint density at radius 3 is 2.35 bits per heavy atom. The van der Waals surface area contributed by atoms with Gasteiger partial charge in [-0.2, -0.15) is 18.7 Å². The van der Waals surface area contributed by atoms with Gasteiger partial charge in [-0.25, -0.2) is 0 Å². The van der Waals surface area contributed by atoms with E-state index in [0.717, 1.165) is 38.5 Å². The highest BCUT2D eigenvalue weighted by atomic mass is 19.1. The van der Waals surface area contributed by atoms with Crippen molar-refractivity contribution in [3.63, 3.8) is 0 Å². The highest BCUT2D eigenvalue weighted by molar-refractivity contribution is 5.78. The zero-order valence-corrected chi connectivity index (χ0v) is 18.0. The molecule has 1 atom stereocenters. The van der Waals surface area contributed by atoms with Crippen LogP contribution < -0.4 is 14.8 Å². The van der Waals surface area contributed by atoms with Gasteiger partial charge in [-0.1, -0.05) is 0 Å². The molecule has 31 heavy (non-hydrogen) atoms. The minimum atomic E-state index is -0.872. The number of imidazole rings is 1. The second kappa shape index (κ2) is 8.94. The summed E-state index contributed by atoms with van der Waals surface area (Å²) in [6, 6.07) is 0.112. The molecule has 1 N–H and O–H groups in total. The van der Waals surface area contributed by atoms with E-state index in [9.17, 15) is 13.6 Å². The summed E-state index contributed by atoms with van der Waals surface area (Å²) >= 11 is 0. The number of nitrogens with zero attached hydrogens (tertiary/aromatic N) is 3. The predicted molar refractivity (Wildman–Crippen MR) is 108 cm³/mol. The van der Waals surface area contributed by atoms with Gasteiger partial charge in [0.1, 0.15) is 17.7 Å². The lowest BCUT2D eigenvalue weighted by Crippen LogP contribution is -2.37. The van der Waals surface area contributed by atoms with Crippen molar-refractivity contribution in [2.75, 3.05) is 6.61 Å². The first-order valence-electron chi connectivity index (χ1n) is 10.7. The van der Waals surface area contributed by atoms with Crippen LogP contribution >= 0.6 is 0 Å². The molecule has 0 aliphatic heterocycles. The van der Waals surface area contributed by atoms with Crippen molar-refractivity contribution >= 4 is 16.9 Å². The Morgan fingerprint density at radius 1 is 1.10 bits per heavy atom. The van der Waals surface area contributed by atoms with E-state index in [2.05, 4.69) is 15.3 Å². The van der Waals surface area contributed by atoms with Gasteiger partial charge in [0, 0.05) is 20.0 Å². The smallest absolute Gasteiger partial charge is 0.297 e. The number of aryl methyl sites for hydroxylation is 1. The zero-order chi connectivity index (χ0) is 22.1. The number of rotatable bonds is 8. The molecule has 2 fully saturated rings. The fraction of sp³-hybridized carbons (Fsp3) is 0.667. The van der Waals surface area contributed by atoms with Crippen LogP contribution in [0.1, 0.15) is 52.4 Å². The van der Waals surface area contributed by atoms with E-state index in [1.165, 1.54) is 11.5 Å². The summed E-state index contributed by atoms with van der Waals surface area (Å²) in [6.07, 6.45) is 4.58. The van der Waals surface area contributed by atoms with Crippen molar-refractivity contribution in [1.29, 1.82) is 0 Å². The van der Waals surface area contributed by atoms with Crippen molar-refractivity contribution in [2.45, 2.75) is 76.7 Å². The number of pyridine rings is 1. The quantitative estimate of drug-likeness (QED) is 0.638. The summed E-state index contributed by atoms with van der Waals surface area (Å²) in [5.74, 6) is -2.00. The molecule has 2 heterocycles. The van der Waals surface area contributed by atoms with Crippen LogP contribution in [0.3, 0.4) is 0 Å². The van der Waals surface area contributed by atoms with E-state index in [1.807, 2.05) is 6.92 Å². The number of hydrogen-bond acceptors (Lipinski definition) is 6. The molecular weight excluding hydrogens is 410 g/mol. The van der Waals surface area contributed by atoms with Crippen LogP contribution in [0.25, 0.3) is 11.0 Å². The van der Waals surface area contributed by atoms with Crippen molar-refractivity contribution in [1.82, 2.24) is 19.9 Å². The van der Waals surface area contributed by atoms with Gasteiger partial charge in [-0.05, 0) is 45.4 Å². The number of fused-ring (bicyclic) bond motifs is 1. The van der Waals surface area contributed by atoms with Gasteiger partial charge < -0.3 is 19.5 Å². The summed E-state index contributed by atoms with van der Waals surface area (Å²) < 4.78 is 47.9. The van der Waals surface area contributed by atoms with Crippen LogP contribution in [0.15, 0.2) is 0 Å². The fourth-order valence-corrected chi connectivity index (χ4v) is 3.83. The third-order valence-electron chi connectivity index (χ3n) is 5.57. The number of carbonyl (C=O) groups excluding carboxylic acids is 1. The molecule has 0 spiro atoms. The maximum Gasteiger partial charge on any atom is 0.297 e. The van der Waals surface area contributed by atoms with Gasteiger partial charge in [0.25, 0.3) is 11.9 Å². The number of ether oxygens (including phenoxy) is 3. The SMILES string of the molecule is CC(=O)N[C@@H](C)COC1CCC(Oc2nc3c(F)nc(OC4CC4)c(F)c3n2C)CC1. The molecule has 0 radical (unpaired) electrons. The normalized spacial score (nSPS) is 22.4. The average molecular weight is 438 g/mol. The highest BCUT2D eigenvalue weighted by Crippen LogP contribution is 2.34. The van der Waals surface area contributed by atoms with Crippen molar-refractivity contribution in [3.05, 3.63) is 11.8 Å². The largest absolute Gasteiger partial charge is 0.472 e. The predicted octanol–water partition coefficient (Wildman–Crippen LogP) is 3.02. The number of aromatic nitrogens is 3. The summed E-state index contributed by atoms with van der Waals surface area (Å²) in [6.45, 7) is 3.84. The first kappa shape index (κ1) is 21.7. The number of nitrogens with one attached hydrogen (secondary N) is 1. The summed E-state index contributed by atoms with van der Waals surface area (Å²) in [4.78, 5) is 18.8. The lowest BCUT2D eigenvalue weighted by atomic mass is 9.95. The maximum atomic E-state index is 14.9. The van der Waals surface area contributed by atoms with Crippen LogP contribution in [0.5, 0.6) is 11.9 Å². The molecule has 4 rings (SSSR count). The fourth-order valence-electron chi connectivity index (χ4n) is 3.83. The van der Waals surface area contributed by atoms with Gasteiger partial charge in [-0.15, -0.1) is 0 Å². The molecule has 1 amide bonds. The van der Waals surface area contributed by atoms with E-state index in [0.29, 0.717) is 6.61 Å². The number of carbonyl (C=O) groups is 1. The molecule has 2 saturated carbocycles. The molecule has 2 aliphatic rings. The monoisotopic (exact) mass is 438 g/mol. The Balaban J connectivity index is 1.37. The lowest BCUT2D eigenvalue weighted by molar-refractivity contribution is -0.120. The average Bonchev–Trinajstić information content (AvgIpc) is 3.47. The number of hydrogen-bond donors (Lipinski definition) is 1.